The number of ether oxygens (including phenoxy) is 1. The van der Waals surface area contributed by atoms with Crippen LogP contribution in [-0.2, 0) is 4.74 Å². The van der Waals surface area contributed by atoms with Gasteiger partial charge in [0.1, 0.15) is 5.60 Å². The molecule has 0 bridgehead atoms. The molecule has 0 saturated heterocycles. The molecule has 1 aromatic carbocycles. The lowest BCUT2D eigenvalue weighted by atomic mass is 9.90. The first kappa shape index (κ1) is 15.1. The fourth-order valence-corrected chi connectivity index (χ4v) is 2.32. The zero-order valence-corrected chi connectivity index (χ0v) is 12.9. The molecule has 0 aliphatic carbocycles. The molecule has 1 aliphatic heterocycles. The average molecular weight is 284 g/mol. The van der Waals surface area contributed by atoms with Crippen LogP contribution in [0.4, 0.5) is 10.5 Å². The van der Waals surface area contributed by atoms with E-state index in [4.69, 9.17) is 10.00 Å². The van der Waals surface area contributed by atoms with Gasteiger partial charge in [0.05, 0.1) is 17.7 Å². The lowest BCUT2D eigenvalue weighted by molar-refractivity contribution is 0.0584. The molecule has 0 radical (unpaired) electrons. The third-order valence-electron chi connectivity index (χ3n) is 3.27. The first-order chi connectivity index (χ1) is 9.83. The van der Waals surface area contributed by atoms with Crippen LogP contribution in [0.5, 0.6) is 0 Å². The Labute approximate surface area is 125 Å². The molecule has 2 rings (SSSR count). The van der Waals surface area contributed by atoms with Crippen molar-refractivity contribution in [3.8, 4) is 6.07 Å². The summed E-state index contributed by atoms with van der Waals surface area (Å²) in [6.07, 6.45) is 1.56. The predicted molar refractivity (Wildman–Crippen MR) is 82.8 cm³/mol. The van der Waals surface area contributed by atoms with Crippen molar-refractivity contribution in [3.05, 3.63) is 35.9 Å². The summed E-state index contributed by atoms with van der Waals surface area (Å²) in [7, 11) is 0. The Balaban J connectivity index is 2.37. The number of anilines is 1. The van der Waals surface area contributed by atoms with Crippen molar-refractivity contribution < 1.29 is 9.53 Å². The fraction of sp³-hybridized carbons (Fsp3) is 0.412. The highest BCUT2D eigenvalue weighted by molar-refractivity contribution is 5.95. The van der Waals surface area contributed by atoms with Crippen LogP contribution in [0.3, 0.4) is 0 Å². The number of nitriles is 1. The van der Waals surface area contributed by atoms with Crippen molar-refractivity contribution in [3.63, 3.8) is 0 Å². The number of allylic oxidation sites excluding steroid dienone is 1. The molecule has 4 heteroatoms. The lowest BCUT2D eigenvalue weighted by Gasteiger charge is -2.31. The SMILES string of the molecule is CC(C#N)C1=CCN(C(=O)OC(C)(C)C)c2ccccc21. The van der Waals surface area contributed by atoms with Crippen molar-refractivity contribution in [1.82, 2.24) is 0 Å². The minimum absolute atomic E-state index is 0.202. The van der Waals surface area contributed by atoms with Crippen molar-refractivity contribution in [1.29, 1.82) is 5.26 Å². The highest BCUT2D eigenvalue weighted by atomic mass is 16.6. The van der Waals surface area contributed by atoms with Crippen LogP contribution in [0.1, 0.15) is 33.3 Å². The summed E-state index contributed by atoms with van der Waals surface area (Å²) >= 11 is 0. The van der Waals surface area contributed by atoms with Crippen LogP contribution >= 0.6 is 0 Å². The van der Waals surface area contributed by atoms with E-state index in [9.17, 15) is 4.79 Å². The van der Waals surface area contributed by atoms with Crippen LogP contribution in [0, 0.1) is 17.2 Å². The van der Waals surface area contributed by atoms with E-state index in [-0.39, 0.29) is 12.0 Å². The third-order valence-corrected chi connectivity index (χ3v) is 3.27. The molecule has 1 unspecified atom stereocenters. The van der Waals surface area contributed by atoms with Gasteiger partial charge in [-0.1, -0.05) is 24.3 Å². The number of fused-ring (bicyclic) bond motifs is 1. The van der Waals surface area contributed by atoms with Crippen LogP contribution < -0.4 is 4.90 Å². The number of rotatable bonds is 1. The number of benzene rings is 1. The Morgan fingerprint density at radius 1 is 1.38 bits per heavy atom. The van der Waals surface area contributed by atoms with E-state index < -0.39 is 5.60 Å². The minimum atomic E-state index is -0.532. The maximum absolute atomic E-state index is 12.3. The molecule has 1 amide bonds. The van der Waals surface area contributed by atoms with Gasteiger partial charge in [-0.2, -0.15) is 5.26 Å². The monoisotopic (exact) mass is 284 g/mol. The van der Waals surface area contributed by atoms with Gasteiger partial charge in [-0.25, -0.2) is 4.79 Å². The second-order valence-corrected chi connectivity index (χ2v) is 6.12. The molecule has 110 valence electrons. The van der Waals surface area contributed by atoms with E-state index >= 15 is 0 Å². The van der Waals surface area contributed by atoms with Crippen molar-refractivity contribution >= 4 is 17.4 Å². The van der Waals surface area contributed by atoms with Gasteiger partial charge in [0.15, 0.2) is 0 Å². The molecule has 1 atom stereocenters. The molecular formula is C17H20N2O2. The third kappa shape index (κ3) is 3.25. The Morgan fingerprint density at radius 3 is 2.67 bits per heavy atom. The summed E-state index contributed by atoms with van der Waals surface area (Å²) < 4.78 is 5.45. The van der Waals surface area contributed by atoms with Crippen molar-refractivity contribution in [2.75, 3.05) is 11.4 Å². The molecule has 1 heterocycles. The van der Waals surface area contributed by atoms with Crippen LogP contribution in [0.25, 0.3) is 5.57 Å². The van der Waals surface area contributed by atoms with Gasteiger partial charge in [0.2, 0.25) is 0 Å². The number of nitrogens with zero attached hydrogens (tertiary/aromatic N) is 2. The first-order valence-corrected chi connectivity index (χ1v) is 7.03. The maximum atomic E-state index is 12.3. The van der Waals surface area contributed by atoms with Crippen molar-refractivity contribution in [2.24, 2.45) is 5.92 Å². The smallest absolute Gasteiger partial charge is 0.415 e. The second kappa shape index (κ2) is 5.61. The molecule has 1 aliphatic rings. The van der Waals surface area contributed by atoms with Gasteiger partial charge < -0.3 is 4.74 Å². The standard InChI is InChI=1S/C17H20N2O2/c1-12(11-18)13-9-10-19(16(20)21-17(2,3)4)15-8-6-5-7-14(13)15/h5-9,12H,10H2,1-4H3. The van der Waals surface area contributed by atoms with Gasteiger partial charge in [-0.15, -0.1) is 0 Å². The minimum Gasteiger partial charge on any atom is -0.443 e. The number of carbonyl (C=O) groups excluding carboxylic acids is 1. The lowest BCUT2D eigenvalue weighted by Crippen LogP contribution is -2.38. The van der Waals surface area contributed by atoms with Crippen LogP contribution in [-0.4, -0.2) is 18.2 Å². The molecule has 0 N–H and O–H groups in total. The van der Waals surface area contributed by atoms with Gasteiger partial charge in [0.25, 0.3) is 0 Å². The molecular weight excluding hydrogens is 264 g/mol. The van der Waals surface area contributed by atoms with E-state index in [1.54, 1.807) is 4.90 Å². The molecule has 0 fully saturated rings. The predicted octanol–water partition coefficient (Wildman–Crippen LogP) is 3.98. The largest absolute Gasteiger partial charge is 0.443 e. The van der Waals surface area contributed by atoms with Gasteiger partial charge in [-0.3, -0.25) is 4.90 Å². The molecule has 0 aromatic heterocycles. The van der Waals surface area contributed by atoms with Gasteiger partial charge in [0, 0.05) is 12.1 Å². The van der Waals surface area contributed by atoms with Gasteiger partial charge in [-0.05, 0) is 39.3 Å². The number of carbonyl (C=O) groups is 1. The van der Waals surface area contributed by atoms with Gasteiger partial charge >= 0.3 is 6.09 Å². The number of hydrogen-bond donors (Lipinski definition) is 0. The summed E-state index contributed by atoms with van der Waals surface area (Å²) in [6, 6.07) is 9.87. The van der Waals surface area contributed by atoms with E-state index in [0.717, 1.165) is 16.8 Å². The highest BCUT2D eigenvalue weighted by Crippen LogP contribution is 2.35. The zero-order chi connectivity index (χ0) is 15.6. The molecule has 4 nitrogen and oxygen atoms in total. The van der Waals surface area contributed by atoms with E-state index in [0.29, 0.717) is 6.54 Å². The summed E-state index contributed by atoms with van der Waals surface area (Å²) in [5, 5.41) is 9.14. The van der Waals surface area contributed by atoms with E-state index in [2.05, 4.69) is 6.07 Å². The number of para-hydroxylation sites is 1. The molecule has 1 aromatic rings. The summed E-state index contributed by atoms with van der Waals surface area (Å²) in [5.41, 5.74) is 2.15. The Bertz CT molecular complexity index is 620. The maximum Gasteiger partial charge on any atom is 0.415 e. The Morgan fingerprint density at radius 2 is 2.05 bits per heavy atom. The molecule has 21 heavy (non-hydrogen) atoms. The van der Waals surface area contributed by atoms with E-state index in [1.165, 1.54) is 0 Å². The summed E-state index contributed by atoms with van der Waals surface area (Å²) in [6.45, 7) is 7.83. The highest BCUT2D eigenvalue weighted by Gasteiger charge is 2.28. The van der Waals surface area contributed by atoms with Crippen LogP contribution in [0.15, 0.2) is 30.3 Å². The number of hydrogen-bond acceptors (Lipinski definition) is 3. The quantitative estimate of drug-likeness (QED) is 0.783. The number of amides is 1. The van der Waals surface area contributed by atoms with Crippen LogP contribution in [0.2, 0.25) is 0 Å². The Kier molecular flexibility index (Phi) is 4.04. The average Bonchev–Trinajstić information content (AvgIpc) is 2.43. The molecule has 0 saturated carbocycles. The topological polar surface area (TPSA) is 53.3 Å². The fourth-order valence-electron chi connectivity index (χ4n) is 2.32. The Hall–Kier alpha value is -2.28. The molecule has 0 spiro atoms. The van der Waals surface area contributed by atoms with E-state index in [1.807, 2.05) is 58.0 Å². The second-order valence-electron chi connectivity index (χ2n) is 6.12. The summed E-state index contributed by atoms with van der Waals surface area (Å²) in [5.74, 6) is -0.202. The zero-order valence-electron chi connectivity index (χ0n) is 12.9. The summed E-state index contributed by atoms with van der Waals surface area (Å²) in [4.78, 5) is 13.9. The normalized spacial score (nSPS) is 15.6. The first-order valence-electron chi connectivity index (χ1n) is 7.03. The van der Waals surface area contributed by atoms with Crippen molar-refractivity contribution in [2.45, 2.75) is 33.3 Å².